The van der Waals surface area contributed by atoms with Crippen LogP contribution in [-0.2, 0) is 16.0 Å². The lowest BCUT2D eigenvalue weighted by atomic mass is 10.2. The van der Waals surface area contributed by atoms with Crippen molar-refractivity contribution in [2.24, 2.45) is 5.73 Å². The molecule has 0 saturated heterocycles. The van der Waals surface area contributed by atoms with Gasteiger partial charge in [0.25, 0.3) is 0 Å². The molecule has 1 amide bonds. The van der Waals surface area contributed by atoms with Crippen LogP contribution in [0.1, 0.15) is 18.9 Å². The molecule has 2 aromatic rings. The molecular weight excluding hydrogens is 306 g/mol. The fourth-order valence-electron chi connectivity index (χ4n) is 2.15. The molecule has 1 unspecified atom stereocenters. The molecule has 3 N–H and O–H groups in total. The Bertz CT molecular complexity index is 655. The van der Waals surface area contributed by atoms with Gasteiger partial charge in [-0.2, -0.15) is 0 Å². The summed E-state index contributed by atoms with van der Waals surface area (Å²) in [6, 6.07) is 11.3. The second kappa shape index (κ2) is 9.00. The molecule has 0 radical (unpaired) electrons. The molecule has 0 aliphatic heterocycles. The highest BCUT2D eigenvalue weighted by molar-refractivity contribution is 5.90. The third kappa shape index (κ3) is 5.33. The molecule has 0 saturated carbocycles. The van der Waals surface area contributed by atoms with Gasteiger partial charge in [-0.1, -0.05) is 19.1 Å². The van der Waals surface area contributed by atoms with Crippen molar-refractivity contribution in [1.82, 2.24) is 4.98 Å². The maximum Gasteiger partial charge on any atom is 0.227 e. The lowest BCUT2D eigenvalue weighted by Crippen LogP contribution is -2.28. The first-order valence-corrected chi connectivity index (χ1v) is 7.90. The van der Waals surface area contributed by atoms with E-state index in [4.69, 9.17) is 15.2 Å². The minimum absolute atomic E-state index is 0.168. The monoisotopic (exact) mass is 329 g/mol. The van der Waals surface area contributed by atoms with Crippen molar-refractivity contribution in [3.63, 3.8) is 0 Å². The lowest BCUT2D eigenvalue weighted by molar-refractivity contribution is -0.118. The SMILES string of the molecule is CCc1cccc(Oc2ccc(NC(=O)CC(CN)OC)cn2)c1. The van der Waals surface area contributed by atoms with Gasteiger partial charge in [0.2, 0.25) is 11.8 Å². The smallest absolute Gasteiger partial charge is 0.227 e. The zero-order valence-electron chi connectivity index (χ0n) is 14.0. The van der Waals surface area contributed by atoms with E-state index in [1.165, 1.54) is 12.7 Å². The summed E-state index contributed by atoms with van der Waals surface area (Å²) in [7, 11) is 1.53. The van der Waals surface area contributed by atoms with Crippen molar-refractivity contribution in [3.8, 4) is 11.6 Å². The number of aromatic nitrogens is 1. The van der Waals surface area contributed by atoms with Crippen molar-refractivity contribution < 1.29 is 14.3 Å². The summed E-state index contributed by atoms with van der Waals surface area (Å²) in [6.07, 6.45) is 2.42. The highest BCUT2D eigenvalue weighted by Gasteiger charge is 2.11. The lowest BCUT2D eigenvalue weighted by Gasteiger charge is -2.12. The molecule has 0 spiro atoms. The number of hydrogen-bond acceptors (Lipinski definition) is 5. The molecule has 6 nitrogen and oxygen atoms in total. The first-order valence-electron chi connectivity index (χ1n) is 7.90. The Morgan fingerprint density at radius 3 is 2.79 bits per heavy atom. The number of rotatable bonds is 8. The van der Waals surface area contributed by atoms with E-state index in [-0.39, 0.29) is 18.4 Å². The van der Waals surface area contributed by atoms with E-state index in [0.29, 0.717) is 18.1 Å². The average Bonchev–Trinajstić information content (AvgIpc) is 2.61. The van der Waals surface area contributed by atoms with E-state index in [9.17, 15) is 4.79 Å². The third-order valence-corrected chi connectivity index (χ3v) is 3.56. The second-order valence-electron chi connectivity index (χ2n) is 5.33. The second-order valence-corrected chi connectivity index (χ2v) is 5.33. The summed E-state index contributed by atoms with van der Waals surface area (Å²) < 4.78 is 10.8. The highest BCUT2D eigenvalue weighted by Crippen LogP contribution is 2.21. The average molecular weight is 329 g/mol. The number of carbonyl (C=O) groups excluding carboxylic acids is 1. The summed E-state index contributed by atoms with van der Waals surface area (Å²) in [5.74, 6) is 1.04. The number of amides is 1. The van der Waals surface area contributed by atoms with Crippen LogP contribution >= 0.6 is 0 Å². The van der Waals surface area contributed by atoms with Gasteiger partial charge in [0.1, 0.15) is 5.75 Å². The van der Waals surface area contributed by atoms with Crippen LogP contribution in [0.3, 0.4) is 0 Å². The van der Waals surface area contributed by atoms with Crippen molar-refractivity contribution in [3.05, 3.63) is 48.2 Å². The van der Waals surface area contributed by atoms with Crippen molar-refractivity contribution >= 4 is 11.6 Å². The molecule has 1 atom stereocenters. The molecule has 2 rings (SSSR count). The summed E-state index contributed by atoms with van der Waals surface area (Å²) in [6.45, 7) is 2.39. The van der Waals surface area contributed by atoms with Crippen LogP contribution in [0.4, 0.5) is 5.69 Å². The van der Waals surface area contributed by atoms with Gasteiger partial charge in [0.05, 0.1) is 24.4 Å². The molecule has 0 aliphatic rings. The zero-order chi connectivity index (χ0) is 17.4. The largest absolute Gasteiger partial charge is 0.439 e. The number of benzene rings is 1. The minimum Gasteiger partial charge on any atom is -0.439 e. The number of nitrogens with one attached hydrogen (secondary N) is 1. The van der Waals surface area contributed by atoms with Crippen molar-refractivity contribution in [2.75, 3.05) is 19.0 Å². The number of methoxy groups -OCH3 is 1. The van der Waals surface area contributed by atoms with Gasteiger partial charge in [0, 0.05) is 19.7 Å². The summed E-state index contributed by atoms with van der Waals surface area (Å²) in [5, 5.41) is 2.76. The molecule has 6 heteroatoms. The summed E-state index contributed by atoms with van der Waals surface area (Å²) >= 11 is 0. The predicted octanol–water partition coefficient (Wildman–Crippen LogP) is 2.74. The predicted molar refractivity (Wildman–Crippen MR) is 93.2 cm³/mol. The number of nitrogens with two attached hydrogens (primary N) is 1. The van der Waals surface area contributed by atoms with Crippen LogP contribution in [0, 0.1) is 0 Å². The molecule has 0 aliphatic carbocycles. The van der Waals surface area contributed by atoms with Crippen LogP contribution in [0.2, 0.25) is 0 Å². The Morgan fingerprint density at radius 1 is 1.33 bits per heavy atom. The number of anilines is 1. The molecule has 0 bridgehead atoms. The maximum atomic E-state index is 11.9. The number of nitrogens with zero attached hydrogens (tertiary/aromatic N) is 1. The number of hydrogen-bond donors (Lipinski definition) is 2. The van der Waals surface area contributed by atoms with Crippen LogP contribution in [0.25, 0.3) is 0 Å². The van der Waals surface area contributed by atoms with Gasteiger partial charge < -0.3 is 20.5 Å². The summed E-state index contributed by atoms with van der Waals surface area (Å²) in [4.78, 5) is 16.1. The Hall–Kier alpha value is -2.44. The normalized spacial score (nSPS) is 11.8. The van der Waals surface area contributed by atoms with Crippen LogP contribution < -0.4 is 15.8 Å². The molecule has 1 heterocycles. The Labute approximate surface area is 142 Å². The molecule has 1 aromatic heterocycles. The van der Waals surface area contributed by atoms with E-state index in [2.05, 4.69) is 17.2 Å². The molecule has 128 valence electrons. The number of aryl methyl sites for hydroxylation is 1. The highest BCUT2D eigenvalue weighted by atomic mass is 16.5. The summed E-state index contributed by atoms with van der Waals surface area (Å²) in [5.41, 5.74) is 7.30. The molecule has 0 fully saturated rings. The van der Waals surface area contributed by atoms with Gasteiger partial charge in [0.15, 0.2) is 0 Å². The minimum atomic E-state index is -0.286. The van der Waals surface area contributed by atoms with E-state index in [1.807, 2.05) is 24.3 Å². The van der Waals surface area contributed by atoms with Crippen molar-refractivity contribution in [2.45, 2.75) is 25.9 Å². The van der Waals surface area contributed by atoms with E-state index in [1.54, 1.807) is 18.3 Å². The topological polar surface area (TPSA) is 86.5 Å². The molecule has 1 aromatic carbocycles. The molecular formula is C18H23N3O3. The van der Waals surface area contributed by atoms with Gasteiger partial charge in [-0.25, -0.2) is 4.98 Å². The van der Waals surface area contributed by atoms with Crippen molar-refractivity contribution in [1.29, 1.82) is 0 Å². The Morgan fingerprint density at radius 2 is 2.17 bits per heavy atom. The van der Waals surface area contributed by atoms with Crippen LogP contribution in [0.15, 0.2) is 42.6 Å². The fraction of sp³-hybridized carbons (Fsp3) is 0.333. The molecule has 24 heavy (non-hydrogen) atoms. The van der Waals surface area contributed by atoms with Gasteiger partial charge in [-0.3, -0.25) is 4.79 Å². The quantitative estimate of drug-likeness (QED) is 0.777. The van der Waals surface area contributed by atoms with Crippen LogP contribution in [-0.4, -0.2) is 30.6 Å². The zero-order valence-corrected chi connectivity index (χ0v) is 14.0. The first-order chi connectivity index (χ1) is 11.6. The Balaban J connectivity index is 1.93. The van der Waals surface area contributed by atoms with E-state index >= 15 is 0 Å². The first kappa shape index (κ1) is 17.9. The van der Waals surface area contributed by atoms with Gasteiger partial charge in [-0.05, 0) is 30.2 Å². The van der Waals surface area contributed by atoms with Gasteiger partial charge >= 0.3 is 0 Å². The van der Waals surface area contributed by atoms with Gasteiger partial charge in [-0.15, -0.1) is 0 Å². The number of ether oxygens (including phenoxy) is 2. The maximum absolute atomic E-state index is 11.9. The number of carbonyl (C=O) groups is 1. The van der Waals surface area contributed by atoms with Crippen LogP contribution in [0.5, 0.6) is 11.6 Å². The fourth-order valence-corrected chi connectivity index (χ4v) is 2.15. The third-order valence-electron chi connectivity index (χ3n) is 3.56. The Kier molecular flexibility index (Phi) is 6.72. The van der Waals surface area contributed by atoms with E-state index in [0.717, 1.165) is 12.2 Å². The number of pyridine rings is 1. The standard InChI is InChI=1S/C18H23N3O3/c1-3-13-5-4-6-15(9-13)24-18-8-7-14(12-20-18)21-17(22)10-16(11-19)23-2/h4-9,12,16H,3,10-11,19H2,1-2H3,(H,21,22). The van der Waals surface area contributed by atoms with E-state index < -0.39 is 0 Å².